The number of nitrogens with zero attached hydrogens (tertiary/aromatic N) is 2. The third-order valence-corrected chi connectivity index (χ3v) is 4.23. The number of aryl methyl sites for hydroxylation is 3. The third-order valence-electron chi connectivity index (χ3n) is 4.23. The zero-order valence-electron chi connectivity index (χ0n) is 15.5. The Kier molecular flexibility index (Phi) is 5.07. The second-order valence-electron chi connectivity index (χ2n) is 6.44. The van der Waals surface area contributed by atoms with Crippen LogP contribution in [0.2, 0.25) is 0 Å². The highest BCUT2D eigenvalue weighted by molar-refractivity contribution is 6.05. The van der Waals surface area contributed by atoms with Crippen LogP contribution in [-0.4, -0.2) is 22.8 Å². The molecule has 3 aromatic rings. The maximum Gasteiger partial charge on any atom is 0.255 e. The molecule has 0 atom stereocenters. The van der Waals surface area contributed by atoms with Crippen molar-refractivity contribution in [1.82, 2.24) is 9.78 Å². The quantitative estimate of drug-likeness (QED) is 0.754. The lowest BCUT2D eigenvalue weighted by Gasteiger charge is -2.12. The van der Waals surface area contributed by atoms with Crippen LogP contribution < -0.4 is 10.1 Å². The van der Waals surface area contributed by atoms with Crippen molar-refractivity contribution in [2.45, 2.75) is 27.3 Å². The minimum absolute atomic E-state index is 0.163. The second kappa shape index (κ2) is 7.44. The second-order valence-corrected chi connectivity index (χ2v) is 6.44. The summed E-state index contributed by atoms with van der Waals surface area (Å²) in [6.07, 6.45) is 0. The SMILES string of the molecule is COc1ccc(C)cc1NC(=O)c1cccc(Cn2nc(C)cc2C)c1. The topological polar surface area (TPSA) is 56.1 Å². The van der Waals surface area contributed by atoms with E-state index in [1.807, 2.05) is 74.0 Å². The predicted octanol–water partition coefficient (Wildman–Crippen LogP) is 4.12. The van der Waals surface area contributed by atoms with Gasteiger partial charge in [-0.15, -0.1) is 0 Å². The van der Waals surface area contributed by atoms with E-state index in [1.54, 1.807) is 7.11 Å². The van der Waals surface area contributed by atoms with Crippen LogP contribution in [0.4, 0.5) is 5.69 Å². The summed E-state index contributed by atoms with van der Waals surface area (Å²) >= 11 is 0. The molecule has 0 bridgehead atoms. The Morgan fingerprint density at radius 2 is 1.92 bits per heavy atom. The maximum absolute atomic E-state index is 12.7. The molecule has 1 N–H and O–H groups in total. The molecule has 0 unspecified atom stereocenters. The Bertz CT molecular complexity index is 944. The van der Waals surface area contributed by atoms with Crippen molar-refractivity contribution in [2.75, 3.05) is 12.4 Å². The molecule has 0 fully saturated rings. The molecule has 134 valence electrons. The average Bonchev–Trinajstić information content (AvgIpc) is 2.92. The van der Waals surface area contributed by atoms with Gasteiger partial charge >= 0.3 is 0 Å². The van der Waals surface area contributed by atoms with E-state index in [4.69, 9.17) is 4.74 Å². The van der Waals surface area contributed by atoms with Crippen LogP contribution in [0.1, 0.15) is 32.9 Å². The van der Waals surface area contributed by atoms with Crippen molar-refractivity contribution < 1.29 is 9.53 Å². The van der Waals surface area contributed by atoms with Gasteiger partial charge in [-0.1, -0.05) is 18.2 Å². The van der Waals surface area contributed by atoms with E-state index >= 15 is 0 Å². The predicted molar refractivity (Wildman–Crippen MR) is 103 cm³/mol. The third kappa shape index (κ3) is 3.94. The van der Waals surface area contributed by atoms with Crippen LogP contribution in [-0.2, 0) is 6.54 Å². The molecule has 1 aromatic heterocycles. The van der Waals surface area contributed by atoms with Gasteiger partial charge in [0.2, 0.25) is 0 Å². The first-order valence-electron chi connectivity index (χ1n) is 8.52. The largest absolute Gasteiger partial charge is 0.495 e. The molecular weight excluding hydrogens is 326 g/mol. The van der Waals surface area contributed by atoms with E-state index in [2.05, 4.69) is 10.4 Å². The number of carbonyl (C=O) groups excluding carboxylic acids is 1. The summed E-state index contributed by atoms with van der Waals surface area (Å²) < 4.78 is 7.27. The van der Waals surface area contributed by atoms with E-state index in [0.717, 1.165) is 22.5 Å². The summed E-state index contributed by atoms with van der Waals surface area (Å²) in [6, 6.07) is 15.3. The first kappa shape index (κ1) is 17.7. The molecule has 0 aliphatic rings. The lowest BCUT2D eigenvalue weighted by atomic mass is 10.1. The highest BCUT2D eigenvalue weighted by Crippen LogP contribution is 2.25. The average molecular weight is 349 g/mol. The van der Waals surface area contributed by atoms with Gasteiger partial charge in [-0.2, -0.15) is 5.10 Å². The molecule has 0 radical (unpaired) electrons. The highest BCUT2D eigenvalue weighted by Gasteiger charge is 2.11. The summed E-state index contributed by atoms with van der Waals surface area (Å²) in [5, 5.41) is 7.42. The standard InChI is InChI=1S/C21H23N3O2/c1-14-8-9-20(26-4)19(10-14)22-21(25)18-7-5-6-17(12-18)13-24-16(3)11-15(2)23-24/h5-12H,13H2,1-4H3,(H,22,25). The number of ether oxygens (including phenoxy) is 1. The highest BCUT2D eigenvalue weighted by atomic mass is 16.5. The molecule has 0 saturated heterocycles. The van der Waals surface area contributed by atoms with Gasteiger partial charge in [0.25, 0.3) is 5.91 Å². The Labute approximate surface area is 153 Å². The number of benzene rings is 2. The zero-order valence-corrected chi connectivity index (χ0v) is 15.5. The van der Waals surface area contributed by atoms with Gasteiger partial charge in [0.1, 0.15) is 5.75 Å². The van der Waals surface area contributed by atoms with Gasteiger partial charge in [-0.25, -0.2) is 0 Å². The summed E-state index contributed by atoms with van der Waals surface area (Å²) in [6.45, 7) is 6.61. The molecular formula is C21H23N3O2. The molecule has 0 aliphatic carbocycles. The van der Waals surface area contributed by atoms with Gasteiger partial charge in [0.05, 0.1) is 25.0 Å². The molecule has 5 heteroatoms. The number of hydrogen-bond acceptors (Lipinski definition) is 3. The molecule has 3 rings (SSSR count). The Hall–Kier alpha value is -3.08. The Balaban J connectivity index is 1.80. The molecule has 1 heterocycles. The van der Waals surface area contributed by atoms with Crippen molar-refractivity contribution in [2.24, 2.45) is 0 Å². The summed E-state index contributed by atoms with van der Waals surface area (Å²) in [7, 11) is 1.59. The minimum Gasteiger partial charge on any atom is -0.495 e. The zero-order chi connectivity index (χ0) is 18.7. The molecule has 0 saturated carbocycles. The van der Waals surface area contributed by atoms with Crippen LogP contribution >= 0.6 is 0 Å². The van der Waals surface area contributed by atoms with Gasteiger partial charge in [0, 0.05) is 11.3 Å². The fourth-order valence-corrected chi connectivity index (χ4v) is 2.93. The smallest absolute Gasteiger partial charge is 0.255 e. The van der Waals surface area contributed by atoms with Crippen LogP contribution in [0.3, 0.4) is 0 Å². The fraction of sp³-hybridized carbons (Fsp3) is 0.238. The first-order valence-corrected chi connectivity index (χ1v) is 8.52. The summed E-state index contributed by atoms with van der Waals surface area (Å²) in [4.78, 5) is 12.7. The normalized spacial score (nSPS) is 10.6. The first-order chi connectivity index (χ1) is 12.5. The number of aromatic nitrogens is 2. The van der Waals surface area contributed by atoms with E-state index in [0.29, 0.717) is 23.5 Å². The number of rotatable bonds is 5. The minimum atomic E-state index is -0.163. The van der Waals surface area contributed by atoms with Crippen molar-refractivity contribution in [3.05, 3.63) is 76.6 Å². The number of anilines is 1. The molecule has 1 amide bonds. The monoisotopic (exact) mass is 349 g/mol. The van der Waals surface area contributed by atoms with Crippen LogP contribution in [0.25, 0.3) is 0 Å². The van der Waals surface area contributed by atoms with Crippen LogP contribution in [0.5, 0.6) is 5.75 Å². The van der Waals surface area contributed by atoms with Gasteiger partial charge in [-0.05, 0) is 62.2 Å². The van der Waals surface area contributed by atoms with Gasteiger partial charge in [-0.3, -0.25) is 9.48 Å². The summed E-state index contributed by atoms with van der Waals surface area (Å²) in [5.74, 6) is 0.479. The van der Waals surface area contributed by atoms with Crippen LogP contribution in [0, 0.1) is 20.8 Å². The molecule has 26 heavy (non-hydrogen) atoms. The van der Waals surface area contributed by atoms with E-state index in [9.17, 15) is 4.79 Å². The van der Waals surface area contributed by atoms with Gasteiger partial charge in [0.15, 0.2) is 0 Å². The lowest BCUT2D eigenvalue weighted by molar-refractivity contribution is 0.102. The number of methoxy groups -OCH3 is 1. The molecule has 0 spiro atoms. The number of nitrogens with one attached hydrogen (secondary N) is 1. The van der Waals surface area contributed by atoms with E-state index < -0.39 is 0 Å². The Morgan fingerprint density at radius 3 is 2.62 bits per heavy atom. The Morgan fingerprint density at radius 1 is 1.12 bits per heavy atom. The van der Waals surface area contributed by atoms with Crippen molar-refractivity contribution in [3.63, 3.8) is 0 Å². The van der Waals surface area contributed by atoms with E-state index in [-0.39, 0.29) is 5.91 Å². The molecule has 2 aromatic carbocycles. The number of hydrogen-bond donors (Lipinski definition) is 1. The maximum atomic E-state index is 12.7. The van der Waals surface area contributed by atoms with Gasteiger partial charge < -0.3 is 10.1 Å². The lowest BCUT2D eigenvalue weighted by Crippen LogP contribution is -2.13. The van der Waals surface area contributed by atoms with E-state index in [1.165, 1.54) is 0 Å². The van der Waals surface area contributed by atoms with Crippen LogP contribution in [0.15, 0.2) is 48.5 Å². The summed E-state index contributed by atoms with van der Waals surface area (Å²) in [5.41, 5.74) is 5.44. The fourth-order valence-electron chi connectivity index (χ4n) is 2.93. The number of amides is 1. The number of carbonyl (C=O) groups is 1. The van der Waals surface area contributed by atoms with Crippen molar-refractivity contribution in [1.29, 1.82) is 0 Å². The molecule has 0 aliphatic heterocycles. The van der Waals surface area contributed by atoms with Crippen molar-refractivity contribution >= 4 is 11.6 Å². The molecule has 5 nitrogen and oxygen atoms in total. The van der Waals surface area contributed by atoms with Crippen molar-refractivity contribution in [3.8, 4) is 5.75 Å².